The van der Waals surface area contributed by atoms with Gasteiger partial charge in [0.25, 0.3) is 5.91 Å². The minimum Gasteiger partial charge on any atom is -0.497 e. The molecular formula is C18H25N3O4. The number of carbonyl (C=O) groups is 3. The van der Waals surface area contributed by atoms with Crippen LogP contribution < -0.4 is 10.1 Å². The van der Waals surface area contributed by atoms with Gasteiger partial charge in [0.2, 0.25) is 5.91 Å². The fourth-order valence-electron chi connectivity index (χ4n) is 2.93. The molecule has 1 aromatic rings. The Bertz CT molecular complexity index is 630. The topological polar surface area (TPSA) is 79.0 Å². The molecule has 0 radical (unpaired) electrons. The van der Waals surface area contributed by atoms with E-state index >= 15 is 0 Å². The summed E-state index contributed by atoms with van der Waals surface area (Å²) >= 11 is 0. The van der Waals surface area contributed by atoms with E-state index in [1.54, 1.807) is 21.0 Å². The number of urea groups is 1. The van der Waals surface area contributed by atoms with Crippen LogP contribution in [0.1, 0.15) is 25.8 Å². The van der Waals surface area contributed by atoms with E-state index in [4.69, 9.17) is 4.74 Å². The lowest BCUT2D eigenvalue weighted by Crippen LogP contribution is -2.39. The number of nitrogens with zero attached hydrogens (tertiary/aromatic N) is 2. The van der Waals surface area contributed by atoms with Gasteiger partial charge in [0.15, 0.2) is 0 Å². The molecule has 0 aliphatic carbocycles. The first-order chi connectivity index (χ1) is 12.0. The maximum Gasteiger partial charge on any atom is 0.327 e. The molecular weight excluding hydrogens is 322 g/mol. The van der Waals surface area contributed by atoms with Crippen molar-refractivity contribution >= 4 is 17.8 Å². The van der Waals surface area contributed by atoms with Crippen molar-refractivity contribution in [2.75, 3.05) is 26.7 Å². The number of amides is 4. The van der Waals surface area contributed by atoms with E-state index in [9.17, 15) is 14.4 Å². The van der Waals surface area contributed by atoms with Crippen LogP contribution in [0.5, 0.6) is 5.75 Å². The van der Waals surface area contributed by atoms with Crippen molar-refractivity contribution in [3.63, 3.8) is 0 Å². The first-order valence-corrected chi connectivity index (χ1v) is 8.53. The molecule has 0 unspecified atom stereocenters. The van der Waals surface area contributed by atoms with Gasteiger partial charge in [0.1, 0.15) is 11.8 Å². The number of hydrogen-bond acceptors (Lipinski definition) is 4. The molecule has 1 aliphatic heterocycles. The number of methoxy groups -OCH3 is 1. The Hall–Kier alpha value is -2.57. The highest BCUT2D eigenvalue weighted by molar-refractivity contribution is 6.05. The molecule has 0 bridgehead atoms. The van der Waals surface area contributed by atoms with Crippen molar-refractivity contribution in [1.29, 1.82) is 0 Å². The summed E-state index contributed by atoms with van der Waals surface area (Å²) in [6, 6.07) is 6.63. The van der Waals surface area contributed by atoms with Gasteiger partial charge < -0.3 is 15.0 Å². The van der Waals surface area contributed by atoms with Crippen LogP contribution in [-0.2, 0) is 16.0 Å². The van der Waals surface area contributed by atoms with E-state index in [1.165, 1.54) is 9.80 Å². The standard InChI is InChI=1S/C18H25N3O4/c1-4-20-15(17(23)21(5-2)18(20)24)12-16(22)19-11-10-13-6-8-14(25-3)9-7-13/h6-9,15H,4-5,10-12H2,1-3H3,(H,19,22)/t15-/m1/s1. The number of likely N-dealkylation sites (N-methyl/N-ethyl adjacent to an activating group) is 2. The lowest BCUT2D eigenvalue weighted by molar-refractivity contribution is -0.131. The predicted molar refractivity (Wildman–Crippen MR) is 93.3 cm³/mol. The summed E-state index contributed by atoms with van der Waals surface area (Å²) in [5.74, 6) is 0.271. The van der Waals surface area contributed by atoms with Crippen LogP contribution in [-0.4, -0.2) is 60.4 Å². The summed E-state index contributed by atoms with van der Waals surface area (Å²) in [5.41, 5.74) is 1.08. The summed E-state index contributed by atoms with van der Waals surface area (Å²) < 4.78 is 5.11. The van der Waals surface area contributed by atoms with Crippen LogP contribution in [0.4, 0.5) is 4.79 Å². The van der Waals surface area contributed by atoms with Crippen molar-refractivity contribution in [3.05, 3.63) is 29.8 Å². The second-order valence-electron chi connectivity index (χ2n) is 5.82. The number of nitrogens with one attached hydrogen (secondary N) is 1. The van der Waals surface area contributed by atoms with E-state index in [2.05, 4.69) is 5.32 Å². The third-order valence-corrected chi connectivity index (χ3v) is 4.33. The van der Waals surface area contributed by atoms with Crippen LogP contribution in [0.15, 0.2) is 24.3 Å². The van der Waals surface area contributed by atoms with E-state index in [-0.39, 0.29) is 24.3 Å². The monoisotopic (exact) mass is 347 g/mol. The third-order valence-electron chi connectivity index (χ3n) is 4.33. The molecule has 1 fully saturated rings. The van der Waals surface area contributed by atoms with Crippen LogP contribution in [0, 0.1) is 0 Å². The quantitative estimate of drug-likeness (QED) is 0.721. The first kappa shape index (κ1) is 18.8. The Morgan fingerprint density at radius 2 is 1.84 bits per heavy atom. The zero-order valence-corrected chi connectivity index (χ0v) is 14.9. The number of imide groups is 1. The van der Waals surface area contributed by atoms with Gasteiger partial charge in [-0.2, -0.15) is 0 Å². The third kappa shape index (κ3) is 4.29. The van der Waals surface area contributed by atoms with Gasteiger partial charge in [-0.25, -0.2) is 4.79 Å². The molecule has 0 aromatic heterocycles. The van der Waals surface area contributed by atoms with Crippen molar-refractivity contribution < 1.29 is 19.1 Å². The van der Waals surface area contributed by atoms with E-state index in [0.717, 1.165) is 11.3 Å². The Kier molecular flexibility index (Phi) is 6.38. The van der Waals surface area contributed by atoms with Gasteiger partial charge in [-0.3, -0.25) is 14.5 Å². The predicted octanol–water partition coefficient (Wildman–Crippen LogP) is 1.42. The Balaban J connectivity index is 1.84. The van der Waals surface area contributed by atoms with Gasteiger partial charge in [-0.05, 0) is 38.0 Å². The maximum atomic E-state index is 12.3. The average Bonchev–Trinajstić information content (AvgIpc) is 2.84. The van der Waals surface area contributed by atoms with E-state index in [0.29, 0.717) is 26.1 Å². The smallest absolute Gasteiger partial charge is 0.327 e. The summed E-state index contributed by atoms with van der Waals surface area (Å²) in [5, 5.41) is 2.82. The fraction of sp³-hybridized carbons (Fsp3) is 0.500. The molecule has 136 valence electrons. The molecule has 7 heteroatoms. The Labute approximate surface area is 147 Å². The van der Waals surface area contributed by atoms with Gasteiger partial charge in [0, 0.05) is 19.6 Å². The largest absolute Gasteiger partial charge is 0.497 e. The average molecular weight is 347 g/mol. The molecule has 1 N–H and O–H groups in total. The van der Waals surface area contributed by atoms with Gasteiger partial charge in [0.05, 0.1) is 13.5 Å². The highest BCUT2D eigenvalue weighted by Gasteiger charge is 2.44. The minimum atomic E-state index is -0.696. The van der Waals surface area contributed by atoms with Crippen LogP contribution in [0.2, 0.25) is 0 Å². The van der Waals surface area contributed by atoms with Crippen molar-refractivity contribution in [1.82, 2.24) is 15.1 Å². The molecule has 1 aliphatic rings. The highest BCUT2D eigenvalue weighted by atomic mass is 16.5. The van der Waals surface area contributed by atoms with Crippen molar-refractivity contribution in [2.24, 2.45) is 0 Å². The van der Waals surface area contributed by atoms with E-state index in [1.807, 2.05) is 24.3 Å². The number of benzene rings is 1. The van der Waals surface area contributed by atoms with E-state index < -0.39 is 6.04 Å². The first-order valence-electron chi connectivity index (χ1n) is 8.53. The lowest BCUT2D eigenvalue weighted by atomic mass is 10.1. The summed E-state index contributed by atoms with van der Waals surface area (Å²) in [7, 11) is 1.61. The Morgan fingerprint density at radius 3 is 2.40 bits per heavy atom. The molecule has 2 rings (SSSR count). The van der Waals surface area contributed by atoms with Gasteiger partial charge in [-0.15, -0.1) is 0 Å². The molecule has 25 heavy (non-hydrogen) atoms. The van der Waals surface area contributed by atoms with Crippen LogP contribution in [0.25, 0.3) is 0 Å². The molecule has 0 spiro atoms. The molecule has 7 nitrogen and oxygen atoms in total. The molecule has 1 atom stereocenters. The molecule has 0 saturated carbocycles. The van der Waals surface area contributed by atoms with Gasteiger partial charge in [-0.1, -0.05) is 12.1 Å². The lowest BCUT2D eigenvalue weighted by Gasteiger charge is -2.19. The molecule has 1 heterocycles. The zero-order valence-electron chi connectivity index (χ0n) is 14.9. The van der Waals surface area contributed by atoms with Crippen LogP contribution >= 0.6 is 0 Å². The Morgan fingerprint density at radius 1 is 1.16 bits per heavy atom. The number of carbonyl (C=O) groups excluding carboxylic acids is 3. The molecule has 4 amide bonds. The minimum absolute atomic E-state index is 0.00245. The highest BCUT2D eigenvalue weighted by Crippen LogP contribution is 2.19. The zero-order chi connectivity index (χ0) is 18.4. The SMILES string of the molecule is CCN1C(=O)[C@@H](CC(=O)NCCc2ccc(OC)cc2)N(CC)C1=O. The molecule has 1 saturated heterocycles. The normalized spacial score (nSPS) is 17.2. The fourth-order valence-corrected chi connectivity index (χ4v) is 2.93. The summed E-state index contributed by atoms with van der Waals surface area (Å²) in [6.07, 6.45) is 0.684. The van der Waals surface area contributed by atoms with Crippen LogP contribution in [0.3, 0.4) is 0 Å². The second kappa shape index (κ2) is 8.50. The second-order valence-corrected chi connectivity index (χ2v) is 5.82. The molecule has 1 aromatic carbocycles. The van der Waals surface area contributed by atoms with Crippen molar-refractivity contribution in [3.8, 4) is 5.75 Å². The number of ether oxygens (including phenoxy) is 1. The number of rotatable bonds is 8. The summed E-state index contributed by atoms with van der Waals surface area (Å²) in [6.45, 7) is 4.76. The summed E-state index contributed by atoms with van der Waals surface area (Å²) in [4.78, 5) is 39.2. The van der Waals surface area contributed by atoms with Gasteiger partial charge >= 0.3 is 6.03 Å². The number of hydrogen-bond donors (Lipinski definition) is 1. The van der Waals surface area contributed by atoms with Crippen molar-refractivity contribution in [2.45, 2.75) is 32.7 Å². The maximum absolute atomic E-state index is 12.3.